The Morgan fingerprint density at radius 2 is 1.59 bits per heavy atom. The van der Waals surface area contributed by atoms with Crippen LogP contribution in [0.3, 0.4) is 0 Å². The van der Waals surface area contributed by atoms with Crippen LogP contribution in [0, 0.1) is 0 Å². The number of ether oxygens (including phenoxy) is 1. The maximum atomic E-state index is 6.13. The van der Waals surface area contributed by atoms with Gasteiger partial charge in [-0.05, 0) is 35.9 Å². The van der Waals surface area contributed by atoms with Crippen LogP contribution in [-0.4, -0.2) is 16.9 Å². The highest BCUT2D eigenvalue weighted by atomic mass is 79.9. The molecule has 0 bridgehead atoms. The highest BCUT2D eigenvalue weighted by Crippen LogP contribution is 2.33. The summed E-state index contributed by atoms with van der Waals surface area (Å²) in [7, 11) is 0. The van der Waals surface area contributed by atoms with Crippen molar-refractivity contribution in [2.45, 2.75) is 6.61 Å². The highest BCUT2D eigenvalue weighted by molar-refractivity contribution is 9.09. The van der Waals surface area contributed by atoms with Gasteiger partial charge in [-0.15, -0.1) is 0 Å². The lowest BCUT2D eigenvalue weighted by molar-refractivity contribution is 0.137. The summed E-state index contributed by atoms with van der Waals surface area (Å²) in [6.07, 6.45) is 0. The van der Waals surface area contributed by atoms with Crippen molar-refractivity contribution in [3.8, 4) is 0 Å². The van der Waals surface area contributed by atoms with Gasteiger partial charge in [0.25, 0.3) is 0 Å². The Morgan fingerprint density at radius 3 is 2.26 bits per heavy atom. The van der Waals surface area contributed by atoms with E-state index in [2.05, 4.69) is 39.4 Å². The summed E-state index contributed by atoms with van der Waals surface area (Å²) >= 11 is 3.37. The zero-order valence-electron chi connectivity index (χ0n) is 14.8. The molecule has 0 unspecified atom stereocenters. The average molecular weight is 422 g/mol. The van der Waals surface area contributed by atoms with Crippen molar-refractivity contribution in [2.24, 2.45) is 0 Å². The lowest BCUT2D eigenvalue weighted by Crippen LogP contribution is -2.00. The first kappa shape index (κ1) is 17.8. The number of nitrogens with zero attached hydrogens (tertiary/aromatic N) is 1. The summed E-state index contributed by atoms with van der Waals surface area (Å²) in [5.41, 5.74) is 11.8. The smallest absolute Gasteiger partial charge is 0.0730 e. The van der Waals surface area contributed by atoms with Gasteiger partial charge in [0, 0.05) is 27.5 Å². The Kier molecular flexibility index (Phi) is 5.23. The number of aromatic nitrogens is 1. The number of alkyl halides is 1. The van der Waals surface area contributed by atoms with Crippen molar-refractivity contribution in [1.29, 1.82) is 0 Å². The zero-order chi connectivity index (χ0) is 18.6. The molecule has 0 amide bonds. The van der Waals surface area contributed by atoms with Crippen LogP contribution in [0.1, 0.15) is 5.56 Å². The Labute approximate surface area is 166 Å². The molecule has 4 nitrogen and oxygen atoms in total. The van der Waals surface area contributed by atoms with E-state index >= 15 is 0 Å². The molecule has 0 saturated heterocycles. The van der Waals surface area contributed by atoms with E-state index in [9.17, 15) is 0 Å². The fourth-order valence-corrected chi connectivity index (χ4v) is 3.47. The number of pyridine rings is 1. The van der Waals surface area contributed by atoms with Crippen LogP contribution in [-0.2, 0) is 11.3 Å². The number of nitrogens with one attached hydrogen (secondary N) is 1. The standard InChI is InChI=1S/C22H20BrN3O/c23-9-10-27-14-15-11-16(24)13-17(12-15)25-22-18-5-1-3-7-20(18)26-21-8-4-2-6-19(21)22/h1-8,11-13H,9-10,14,24H2,(H,25,26). The number of hydrogen-bond acceptors (Lipinski definition) is 4. The molecule has 27 heavy (non-hydrogen) atoms. The molecular weight excluding hydrogens is 402 g/mol. The van der Waals surface area contributed by atoms with Crippen LogP contribution in [0.25, 0.3) is 21.8 Å². The number of rotatable bonds is 6. The second-order valence-corrected chi connectivity index (χ2v) is 7.14. The Balaban J connectivity index is 1.78. The third-order valence-corrected chi connectivity index (χ3v) is 4.69. The molecule has 0 aliphatic carbocycles. The van der Waals surface area contributed by atoms with E-state index < -0.39 is 0 Å². The number of para-hydroxylation sites is 2. The van der Waals surface area contributed by atoms with Gasteiger partial charge in [0.05, 0.1) is 29.9 Å². The van der Waals surface area contributed by atoms with E-state index in [0.717, 1.165) is 44.1 Å². The van der Waals surface area contributed by atoms with Gasteiger partial charge in [-0.1, -0.05) is 52.3 Å². The van der Waals surface area contributed by atoms with Gasteiger partial charge in [0.1, 0.15) is 0 Å². The SMILES string of the molecule is Nc1cc(COCCBr)cc(Nc2c3ccccc3nc3ccccc23)c1. The number of nitrogens with two attached hydrogens (primary N) is 1. The van der Waals surface area contributed by atoms with E-state index in [1.165, 1.54) is 0 Å². The minimum Gasteiger partial charge on any atom is -0.399 e. The summed E-state index contributed by atoms with van der Waals surface area (Å²) in [5.74, 6) is 0. The van der Waals surface area contributed by atoms with Gasteiger partial charge >= 0.3 is 0 Å². The molecule has 0 aliphatic rings. The molecule has 5 heteroatoms. The quantitative estimate of drug-likeness (QED) is 0.183. The van der Waals surface area contributed by atoms with E-state index in [0.29, 0.717) is 18.9 Å². The molecule has 0 aliphatic heterocycles. The van der Waals surface area contributed by atoms with E-state index in [4.69, 9.17) is 15.5 Å². The topological polar surface area (TPSA) is 60.2 Å². The maximum Gasteiger partial charge on any atom is 0.0730 e. The summed E-state index contributed by atoms with van der Waals surface area (Å²) in [6.45, 7) is 1.19. The second kappa shape index (κ2) is 7.94. The van der Waals surface area contributed by atoms with Crippen LogP contribution in [0.2, 0.25) is 0 Å². The normalized spacial score (nSPS) is 11.1. The van der Waals surface area contributed by atoms with Crippen LogP contribution in [0.15, 0.2) is 66.7 Å². The first-order valence-corrected chi connectivity index (χ1v) is 9.94. The molecule has 0 radical (unpaired) electrons. The number of anilines is 3. The lowest BCUT2D eigenvalue weighted by atomic mass is 10.1. The van der Waals surface area contributed by atoms with Crippen LogP contribution >= 0.6 is 15.9 Å². The van der Waals surface area contributed by atoms with Crippen LogP contribution in [0.4, 0.5) is 17.1 Å². The van der Waals surface area contributed by atoms with Gasteiger partial charge in [-0.2, -0.15) is 0 Å². The number of hydrogen-bond donors (Lipinski definition) is 2. The van der Waals surface area contributed by atoms with Gasteiger partial charge in [0.2, 0.25) is 0 Å². The molecule has 4 aromatic rings. The zero-order valence-corrected chi connectivity index (χ0v) is 16.4. The van der Waals surface area contributed by atoms with Crippen molar-refractivity contribution in [1.82, 2.24) is 4.98 Å². The van der Waals surface area contributed by atoms with Crippen molar-refractivity contribution in [2.75, 3.05) is 23.0 Å². The molecule has 1 aromatic heterocycles. The van der Waals surface area contributed by atoms with Gasteiger partial charge < -0.3 is 15.8 Å². The Bertz CT molecular complexity index is 1040. The summed E-state index contributed by atoms with van der Waals surface area (Å²) < 4.78 is 5.63. The molecule has 136 valence electrons. The van der Waals surface area contributed by atoms with Crippen LogP contribution in [0.5, 0.6) is 0 Å². The fraction of sp³-hybridized carbons (Fsp3) is 0.136. The third-order valence-electron chi connectivity index (χ3n) is 4.36. The molecular formula is C22H20BrN3O. The largest absolute Gasteiger partial charge is 0.399 e. The average Bonchev–Trinajstić information content (AvgIpc) is 2.68. The summed E-state index contributed by atoms with van der Waals surface area (Å²) in [5, 5.41) is 6.55. The fourth-order valence-electron chi connectivity index (χ4n) is 3.24. The number of fused-ring (bicyclic) bond motifs is 2. The van der Waals surface area contributed by atoms with E-state index in [1.807, 2.05) is 48.5 Å². The van der Waals surface area contributed by atoms with Crippen molar-refractivity contribution in [3.63, 3.8) is 0 Å². The van der Waals surface area contributed by atoms with Gasteiger partial charge in [-0.3, -0.25) is 0 Å². The number of benzene rings is 3. The summed E-state index contributed by atoms with van der Waals surface area (Å²) in [6, 6.07) is 22.3. The Hall–Kier alpha value is -2.63. The molecule has 0 spiro atoms. The first-order valence-electron chi connectivity index (χ1n) is 8.82. The van der Waals surface area contributed by atoms with E-state index in [1.54, 1.807) is 0 Å². The minimum atomic E-state index is 0.531. The maximum absolute atomic E-state index is 6.13. The van der Waals surface area contributed by atoms with Crippen molar-refractivity contribution < 1.29 is 4.74 Å². The second-order valence-electron chi connectivity index (χ2n) is 6.35. The van der Waals surface area contributed by atoms with Crippen molar-refractivity contribution >= 4 is 54.8 Å². The first-order chi connectivity index (χ1) is 13.2. The monoisotopic (exact) mass is 421 g/mol. The van der Waals surface area contributed by atoms with Gasteiger partial charge in [-0.25, -0.2) is 4.98 Å². The summed E-state index contributed by atoms with van der Waals surface area (Å²) in [4.78, 5) is 4.78. The lowest BCUT2D eigenvalue weighted by Gasteiger charge is -2.15. The third kappa shape index (κ3) is 3.89. The molecule has 3 N–H and O–H groups in total. The highest BCUT2D eigenvalue weighted by Gasteiger charge is 2.10. The van der Waals surface area contributed by atoms with Gasteiger partial charge in [0.15, 0.2) is 0 Å². The van der Waals surface area contributed by atoms with Crippen molar-refractivity contribution in [3.05, 3.63) is 72.3 Å². The molecule has 4 rings (SSSR count). The van der Waals surface area contributed by atoms with Crippen LogP contribution < -0.4 is 11.1 Å². The number of nitrogen functional groups attached to an aromatic ring is 1. The molecule has 0 saturated carbocycles. The van der Waals surface area contributed by atoms with E-state index in [-0.39, 0.29) is 0 Å². The Morgan fingerprint density at radius 1 is 0.926 bits per heavy atom. The molecule has 3 aromatic carbocycles. The minimum absolute atomic E-state index is 0.531. The number of halogens is 1. The molecule has 0 atom stereocenters. The predicted molar refractivity (Wildman–Crippen MR) is 117 cm³/mol. The molecule has 0 fully saturated rings. The predicted octanol–water partition coefficient (Wildman–Crippen LogP) is 5.63. The molecule has 1 heterocycles.